The highest BCUT2D eigenvalue weighted by molar-refractivity contribution is 7.47. The third-order valence-corrected chi connectivity index (χ3v) is 7.71. The highest BCUT2D eigenvalue weighted by Gasteiger charge is 2.49. The molecule has 0 amide bonds. The van der Waals surface area contributed by atoms with Crippen LogP contribution in [0.4, 0.5) is 0 Å². The molecule has 0 aliphatic carbocycles. The van der Waals surface area contributed by atoms with E-state index < -0.39 is 31.9 Å². The van der Waals surface area contributed by atoms with E-state index in [9.17, 15) is 24.5 Å². The van der Waals surface area contributed by atoms with Crippen LogP contribution in [-0.4, -0.2) is 78.0 Å². The first kappa shape index (κ1) is 36.4. The predicted octanol–water partition coefficient (Wildman–Crippen LogP) is 5.93. The molecule has 37 heavy (non-hydrogen) atoms. The van der Waals surface area contributed by atoms with E-state index in [0.29, 0.717) is 17.4 Å². The van der Waals surface area contributed by atoms with Crippen LogP contribution in [-0.2, 0) is 18.4 Å². The first-order valence-corrected chi connectivity index (χ1v) is 15.9. The normalized spacial score (nSPS) is 16.5. The summed E-state index contributed by atoms with van der Waals surface area (Å²) in [6, 6.07) is 0. The molecule has 0 saturated carbocycles. The molecule has 0 bridgehead atoms. The van der Waals surface area contributed by atoms with Gasteiger partial charge >= 0.3 is 7.82 Å². The number of aliphatic hydroxyl groups is 2. The number of hydrogen-bond donors (Lipinski definition) is 3. The number of aliphatic hydroxyl groups excluding tert-OH is 2. The summed E-state index contributed by atoms with van der Waals surface area (Å²) in [7, 11) is 1.07. The average molecular weight is 551 g/mol. The van der Waals surface area contributed by atoms with Gasteiger partial charge in [0.15, 0.2) is 11.4 Å². The molecule has 0 saturated heterocycles. The van der Waals surface area contributed by atoms with E-state index in [-0.39, 0.29) is 13.0 Å². The molecule has 8 nitrogen and oxygen atoms in total. The molecular formula is C28H57NO7P+. The van der Waals surface area contributed by atoms with Crippen LogP contribution in [0.1, 0.15) is 110 Å². The van der Waals surface area contributed by atoms with E-state index in [2.05, 4.69) is 6.92 Å². The lowest BCUT2D eigenvalue weighted by atomic mass is 9.85. The Labute approximate surface area is 226 Å². The molecule has 0 aliphatic heterocycles. The summed E-state index contributed by atoms with van der Waals surface area (Å²) < 4.78 is 23.7. The monoisotopic (exact) mass is 550 g/mol. The fourth-order valence-corrected chi connectivity index (χ4v) is 5.37. The summed E-state index contributed by atoms with van der Waals surface area (Å²) in [5, 5.41) is 20.2. The summed E-state index contributed by atoms with van der Waals surface area (Å²) in [6.07, 6.45) is 17.4. The first-order valence-electron chi connectivity index (χ1n) is 14.4. The number of rotatable bonds is 25. The van der Waals surface area contributed by atoms with Crippen LogP contribution in [0.5, 0.6) is 0 Å². The van der Waals surface area contributed by atoms with Gasteiger partial charge in [-0.2, -0.15) is 0 Å². The van der Waals surface area contributed by atoms with Crippen molar-refractivity contribution < 1.29 is 38.0 Å². The number of likely N-dealkylation sites (N-methyl/N-ethyl adjacent to an activating group) is 1. The van der Waals surface area contributed by atoms with Gasteiger partial charge in [0.2, 0.25) is 0 Å². The molecule has 9 heteroatoms. The van der Waals surface area contributed by atoms with Crippen molar-refractivity contribution in [1.29, 1.82) is 0 Å². The minimum absolute atomic E-state index is 0.0131. The lowest BCUT2D eigenvalue weighted by Gasteiger charge is -2.36. The molecule has 0 fully saturated rings. The molecule has 220 valence electrons. The molecule has 0 spiro atoms. The quantitative estimate of drug-likeness (QED) is 0.0558. The van der Waals surface area contributed by atoms with Crippen molar-refractivity contribution in [3.63, 3.8) is 0 Å². The smallest absolute Gasteiger partial charge is 0.394 e. The van der Waals surface area contributed by atoms with E-state index in [1.54, 1.807) is 6.92 Å². The van der Waals surface area contributed by atoms with E-state index in [1.165, 1.54) is 76.4 Å². The second kappa shape index (κ2) is 20.3. The zero-order valence-electron chi connectivity index (χ0n) is 24.3. The maximum atomic E-state index is 13.0. The standard InChI is InChI=1S/C28H56NO7P/c1-6-8-9-10-11-12-13-14-15-16-17-18-19-20-22-28(27(32)25-30,26(31)21-7-2)36-37(33,34)35-24-23-29(3,4)5/h7,21,27,30,32H,6,8-20,22-25H2,1-5H3/p+1/t27-,28?/m0/s1. The van der Waals surface area contributed by atoms with Crippen molar-refractivity contribution in [2.45, 2.75) is 122 Å². The second-order valence-corrected chi connectivity index (χ2v) is 12.6. The van der Waals surface area contributed by atoms with Gasteiger partial charge in [0.25, 0.3) is 0 Å². The van der Waals surface area contributed by atoms with Crippen molar-refractivity contribution >= 4 is 13.6 Å². The van der Waals surface area contributed by atoms with Gasteiger partial charge in [-0.25, -0.2) is 4.57 Å². The van der Waals surface area contributed by atoms with E-state index >= 15 is 0 Å². The van der Waals surface area contributed by atoms with Gasteiger partial charge in [0.1, 0.15) is 19.3 Å². The third-order valence-electron chi connectivity index (χ3n) is 6.64. The van der Waals surface area contributed by atoms with Crippen molar-refractivity contribution in [1.82, 2.24) is 0 Å². The number of carbonyl (C=O) groups is 1. The number of phosphoric acid groups is 1. The Morgan fingerprint density at radius 3 is 1.78 bits per heavy atom. The topological polar surface area (TPSA) is 113 Å². The second-order valence-electron chi connectivity index (χ2n) is 11.2. The molecular weight excluding hydrogens is 493 g/mol. The molecule has 0 aromatic heterocycles. The Morgan fingerprint density at radius 2 is 1.38 bits per heavy atom. The van der Waals surface area contributed by atoms with Crippen molar-refractivity contribution in [3.8, 4) is 0 Å². The molecule has 3 N–H and O–H groups in total. The van der Waals surface area contributed by atoms with Gasteiger partial charge in [-0.3, -0.25) is 13.8 Å². The van der Waals surface area contributed by atoms with E-state index in [0.717, 1.165) is 19.3 Å². The summed E-state index contributed by atoms with van der Waals surface area (Å²) >= 11 is 0. The Balaban J connectivity index is 4.71. The SMILES string of the molecule is CC=CC(=O)C(CCCCCCCCCCCCCCCC)(OP(=O)(O)OCC[N+](C)(C)C)[C@@H](O)CO. The van der Waals surface area contributed by atoms with Crippen LogP contribution >= 0.6 is 7.82 Å². The van der Waals surface area contributed by atoms with Gasteiger partial charge < -0.3 is 19.6 Å². The maximum absolute atomic E-state index is 13.0. The van der Waals surface area contributed by atoms with Crippen LogP contribution in [0.15, 0.2) is 12.2 Å². The van der Waals surface area contributed by atoms with Gasteiger partial charge in [-0.05, 0) is 25.8 Å². The fraction of sp³-hybridized carbons (Fsp3) is 0.893. The summed E-state index contributed by atoms with van der Waals surface area (Å²) in [5.41, 5.74) is -2.04. The number of phosphoric ester groups is 1. The van der Waals surface area contributed by atoms with Gasteiger partial charge in [-0.15, -0.1) is 0 Å². The number of unbranched alkanes of at least 4 members (excludes halogenated alkanes) is 13. The Morgan fingerprint density at radius 1 is 0.919 bits per heavy atom. The average Bonchev–Trinajstić information content (AvgIpc) is 2.82. The lowest BCUT2D eigenvalue weighted by molar-refractivity contribution is -0.870. The Bertz CT molecular complexity index is 665. The zero-order chi connectivity index (χ0) is 28.2. The van der Waals surface area contributed by atoms with Crippen LogP contribution in [0.3, 0.4) is 0 Å². The minimum Gasteiger partial charge on any atom is -0.394 e. The lowest BCUT2D eigenvalue weighted by Crippen LogP contribution is -2.52. The van der Waals surface area contributed by atoms with Crippen molar-refractivity contribution in [2.24, 2.45) is 0 Å². The number of allylic oxidation sites excluding steroid dienone is 1. The van der Waals surface area contributed by atoms with Crippen LogP contribution in [0, 0.1) is 0 Å². The van der Waals surface area contributed by atoms with Gasteiger partial charge in [0, 0.05) is 0 Å². The minimum atomic E-state index is -4.67. The third kappa shape index (κ3) is 17.6. The predicted molar refractivity (Wildman–Crippen MR) is 150 cm³/mol. The van der Waals surface area contributed by atoms with E-state index in [1.807, 2.05) is 21.1 Å². The summed E-state index contributed by atoms with van der Waals surface area (Å²) in [6.45, 7) is 3.49. The molecule has 0 aromatic rings. The number of ketones is 1. The fourth-order valence-electron chi connectivity index (χ4n) is 4.29. The molecule has 0 rings (SSSR count). The number of hydrogen-bond acceptors (Lipinski definition) is 6. The number of carbonyl (C=O) groups excluding carboxylic acids is 1. The Hall–Kier alpha value is -0.600. The largest absolute Gasteiger partial charge is 0.473 e. The van der Waals surface area contributed by atoms with Gasteiger partial charge in [0.05, 0.1) is 27.7 Å². The highest BCUT2D eigenvalue weighted by Crippen LogP contribution is 2.50. The molecule has 0 aromatic carbocycles. The molecule has 0 radical (unpaired) electrons. The Kier molecular flexibility index (Phi) is 20.0. The van der Waals surface area contributed by atoms with Crippen LogP contribution in [0.2, 0.25) is 0 Å². The van der Waals surface area contributed by atoms with Gasteiger partial charge in [-0.1, -0.05) is 96.5 Å². The number of quaternary nitrogens is 1. The zero-order valence-corrected chi connectivity index (χ0v) is 25.2. The van der Waals surface area contributed by atoms with Crippen molar-refractivity contribution in [3.05, 3.63) is 12.2 Å². The molecule has 0 heterocycles. The maximum Gasteiger partial charge on any atom is 0.473 e. The molecule has 3 atom stereocenters. The van der Waals surface area contributed by atoms with Crippen LogP contribution in [0.25, 0.3) is 0 Å². The summed E-state index contributed by atoms with van der Waals surface area (Å²) in [4.78, 5) is 23.3. The van der Waals surface area contributed by atoms with E-state index in [4.69, 9.17) is 9.05 Å². The van der Waals surface area contributed by atoms with Crippen molar-refractivity contribution in [2.75, 3.05) is 40.9 Å². The molecule has 2 unspecified atom stereocenters. The first-order chi connectivity index (χ1) is 17.4. The summed E-state index contributed by atoms with van der Waals surface area (Å²) in [5.74, 6) is -0.657. The molecule has 0 aliphatic rings. The number of nitrogens with zero attached hydrogens (tertiary/aromatic N) is 1. The highest BCUT2D eigenvalue weighted by atomic mass is 31.2. The van der Waals surface area contributed by atoms with Crippen LogP contribution < -0.4 is 0 Å².